The zero-order chi connectivity index (χ0) is 10.6. The van der Waals surface area contributed by atoms with Crippen LogP contribution in [0.25, 0.3) is 0 Å². The van der Waals surface area contributed by atoms with Crippen LogP contribution < -0.4 is 5.32 Å². The highest BCUT2D eigenvalue weighted by Crippen LogP contribution is 2.10. The van der Waals surface area contributed by atoms with E-state index in [0.29, 0.717) is 10.6 Å². The number of halogens is 2. The molecule has 0 atom stereocenters. The topological polar surface area (TPSA) is 29.1 Å². The largest absolute Gasteiger partial charge is 0.347 e. The zero-order valence-electron chi connectivity index (χ0n) is 7.39. The van der Waals surface area contributed by atoms with Crippen molar-refractivity contribution in [3.63, 3.8) is 0 Å². The molecule has 0 fully saturated rings. The highest BCUT2D eigenvalue weighted by Gasteiger charge is 2.03. The smallest absolute Gasteiger partial charge is 0.251 e. The van der Waals surface area contributed by atoms with Gasteiger partial charge < -0.3 is 5.32 Å². The third-order valence-electron chi connectivity index (χ3n) is 1.55. The molecule has 4 heteroatoms. The lowest BCUT2D eigenvalue weighted by atomic mass is 10.2. The Morgan fingerprint density at radius 3 is 2.50 bits per heavy atom. The quantitative estimate of drug-likeness (QED) is 0.902. The summed E-state index contributed by atoms with van der Waals surface area (Å²) in [5.41, 5.74) is 0.603. The van der Waals surface area contributed by atoms with E-state index in [9.17, 15) is 4.79 Å². The van der Waals surface area contributed by atoms with Crippen molar-refractivity contribution < 1.29 is 4.79 Å². The van der Waals surface area contributed by atoms with Gasteiger partial charge in [0, 0.05) is 15.1 Å². The number of nitrogens with one attached hydrogen (secondary N) is 1. The molecule has 0 saturated carbocycles. The maximum absolute atomic E-state index is 11.4. The number of hydrogen-bond acceptors (Lipinski definition) is 1. The zero-order valence-corrected chi connectivity index (χ0v) is 9.73. The molecule has 0 aliphatic heterocycles. The van der Waals surface area contributed by atoms with Crippen molar-refractivity contribution in [3.05, 3.63) is 45.9 Å². The van der Waals surface area contributed by atoms with E-state index in [0.717, 1.165) is 4.47 Å². The summed E-state index contributed by atoms with van der Waals surface area (Å²) < 4.78 is 0.941. The first-order chi connectivity index (χ1) is 6.59. The average molecular weight is 275 g/mol. The normalized spacial score (nSPS) is 9.57. The van der Waals surface area contributed by atoms with Gasteiger partial charge in [0.25, 0.3) is 5.91 Å². The van der Waals surface area contributed by atoms with E-state index in [1.807, 2.05) is 12.1 Å². The molecule has 1 N–H and O–H groups in total. The minimum Gasteiger partial charge on any atom is -0.347 e. The molecule has 74 valence electrons. The lowest BCUT2D eigenvalue weighted by molar-refractivity contribution is 0.0957. The molecular formula is C10H9BrClNO. The Morgan fingerprint density at radius 1 is 1.43 bits per heavy atom. The Bertz CT molecular complexity index is 348. The van der Waals surface area contributed by atoms with Crippen LogP contribution in [-0.4, -0.2) is 12.5 Å². The maximum Gasteiger partial charge on any atom is 0.251 e. The Labute approximate surface area is 96.1 Å². The summed E-state index contributed by atoms with van der Waals surface area (Å²) in [5, 5.41) is 3.04. The summed E-state index contributed by atoms with van der Waals surface area (Å²) in [6, 6.07) is 7.09. The molecule has 1 aromatic carbocycles. The van der Waals surface area contributed by atoms with Crippen molar-refractivity contribution in [2.45, 2.75) is 0 Å². The number of rotatable bonds is 3. The van der Waals surface area contributed by atoms with Gasteiger partial charge in [-0.2, -0.15) is 0 Å². The van der Waals surface area contributed by atoms with Crippen LogP contribution >= 0.6 is 27.5 Å². The summed E-state index contributed by atoms with van der Waals surface area (Å²) >= 11 is 8.81. The summed E-state index contributed by atoms with van der Waals surface area (Å²) in [4.78, 5) is 11.4. The van der Waals surface area contributed by atoms with Crippen LogP contribution in [0.15, 0.2) is 40.3 Å². The van der Waals surface area contributed by atoms with Crippen molar-refractivity contribution in [3.8, 4) is 0 Å². The van der Waals surface area contributed by atoms with Gasteiger partial charge >= 0.3 is 0 Å². The molecule has 2 nitrogen and oxygen atoms in total. The first-order valence-corrected chi connectivity index (χ1v) is 5.14. The number of carbonyl (C=O) groups is 1. The lowest BCUT2D eigenvalue weighted by Gasteiger charge is -2.03. The Hall–Kier alpha value is -0.800. The van der Waals surface area contributed by atoms with Crippen LogP contribution in [0, 0.1) is 0 Å². The third-order valence-corrected chi connectivity index (χ3v) is 2.21. The predicted molar refractivity (Wildman–Crippen MR) is 61.5 cm³/mol. The molecule has 0 aromatic heterocycles. The third kappa shape index (κ3) is 3.52. The van der Waals surface area contributed by atoms with Gasteiger partial charge in [-0.1, -0.05) is 34.1 Å². The predicted octanol–water partition coefficient (Wildman–Crippen LogP) is 2.93. The minimum atomic E-state index is -0.153. The molecule has 0 heterocycles. The lowest BCUT2D eigenvalue weighted by Crippen LogP contribution is -2.24. The van der Waals surface area contributed by atoms with E-state index in [4.69, 9.17) is 11.6 Å². The second kappa shape index (κ2) is 5.17. The molecule has 0 saturated heterocycles. The summed E-state index contributed by atoms with van der Waals surface area (Å²) in [5.74, 6) is -0.153. The first kappa shape index (κ1) is 11.3. The maximum atomic E-state index is 11.4. The molecule has 0 unspecified atom stereocenters. The van der Waals surface area contributed by atoms with Crippen LogP contribution in [-0.2, 0) is 0 Å². The van der Waals surface area contributed by atoms with Crippen molar-refractivity contribution >= 4 is 33.4 Å². The van der Waals surface area contributed by atoms with Gasteiger partial charge in [0.15, 0.2) is 0 Å². The van der Waals surface area contributed by atoms with Gasteiger partial charge in [0.05, 0.1) is 6.54 Å². The molecule has 1 rings (SSSR count). The average Bonchev–Trinajstić information content (AvgIpc) is 2.15. The first-order valence-electron chi connectivity index (χ1n) is 3.96. The van der Waals surface area contributed by atoms with Crippen molar-refractivity contribution in [1.82, 2.24) is 5.32 Å². The van der Waals surface area contributed by atoms with Gasteiger partial charge in [-0.25, -0.2) is 0 Å². The van der Waals surface area contributed by atoms with Crippen LogP contribution in [0.3, 0.4) is 0 Å². The fourth-order valence-electron chi connectivity index (χ4n) is 0.880. The van der Waals surface area contributed by atoms with E-state index >= 15 is 0 Å². The highest BCUT2D eigenvalue weighted by molar-refractivity contribution is 9.10. The van der Waals surface area contributed by atoms with E-state index in [1.54, 1.807) is 12.1 Å². The summed E-state index contributed by atoms with van der Waals surface area (Å²) in [6.07, 6.45) is 0. The molecular weight excluding hydrogens is 265 g/mol. The number of carbonyl (C=O) groups excluding carboxylic acids is 1. The van der Waals surface area contributed by atoms with Gasteiger partial charge in [0.1, 0.15) is 0 Å². The molecule has 0 radical (unpaired) electrons. The van der Waals surface area contributed by atoms with E-state index < -0.39 is 0 Å². The van der Waals surface area contributed by atoms with E-state index in [2.05, 4.69) is 27.8 Å². The van der Waals surface area contributed by atoms with Crippen LogP contribution in [0.4, 0.5) is 0 Å². The molecule has 0 bridgehead atoms. The second-order valence-corrected chi connectivity index (χ2v) is 4.16. The summed E-state index contributed by atoms with van der Waals surface area (Å²) in [7, 11) is 0. The van der Waals surface area contributed by atoms with Crippen molar-refractivity contribution in [2.75, 3.05) is 6.54 Å². The fourth-order valence-corrected chi connectivity index (χ4v) is 1.21. The number of hydrogen-bond donors (Lipinski definition) is 1. The monoisotopic (exact) mass is 273 g/mol. The van der Waals surface area contributed by atoms with E-state index in [-0.39, 0.29) is 12.5 Å². The summed E-state index contributed by atoms with van der Waals surface area (Å²) in [6.45, 7) is 3.77. The van der Waals surface area contributed by atoms with E-state index in [1.165, 1.54) is 0 Å². The molecule has 1 aromatic rings. The molecule has 0 aliphatic rings. The molecule has 1 amide bonds. The van der Waals surface area contributed by atoms with Crippen LogP contribution in [0.2, 0.25) is 0 Å². The molecule has 0 aliphatic carbocycles. The number of amides is 1. The van der Waals surface area contributed by atoms with Crippen molar-refractivity contribution in [2.24, 2.45) is 0 Å². The Kier molecular flexibility index (Phi) is 4.17. The fraction of sp³-hybridized carbons (Fsp3) is 0.100. The Balaban J connectivity index is 2.61. The second-order valence-electron chi connectivity index (χ2n) is 2.71. The van der Waals surface area contributed by atoms with Gasteiger partial charge in [0.2, 0.25) is 0 Å². The highest BCUT2D eigenvalue weighted by atomic mass is 79.9. The SMILES string of the molecule is C=C(Cl)CNC(=O)c1ccc(Br)cc1. The molecule has 0 spiro atoms. The van der Waals surface area contributed by atoms with Crippen LogP contribution in [0.5, 0.6) is 0 Å². The van der Waals surface area contributed by atoms with Gasteiger partial charge in [-0.05, 0) is 24.3 Å². The standard InChI is InChI=1S/C10H9BrClNO/c1-7(12)6-13-10(14)8-2-4-9(11)5-3-8/h2-5H,1,6H2,(H,13,14). The van der Waals surface area contributed by atoms with Crippen molar-refractivity contribution in [1.29, 1.82) is 0 Å². The van der Waals surface area contributed by atoms with Gasteiger partial charge in [-0.3, -0.25) is 4.79 Å². The molecule has 14 heavy (non-hydrogen) atoms. The number of benzene rings is 1. The Morgan fingerprint density at radius 2 is 2.00 bits per heavy atom. The van der Waals surface area contributed by atoms with Gasteiger partial charge in [-0.15, -0.1) is 0 Å². The minimum absolute atomic E-state index is 0.153. The van der Waals surface area contributed by atoms with Crippen LogP contribution in [0.1, 0.15) is 10.4 Å².